The lowest BCUT2D eigenvalue weighted by Crippen LogP contribution is -1.91. The van der Waals surface area contributed by atoms with Gasteiger partial charge in [0, 0.05) is 20.8 Å². The fourth-order valence-electron chi connectivity index (χ4n) is 0.789. The largest absolute Gasteiger partial charge is 0.398 e. The Hall–Kier alpha value is -0.190. The molecule has 0 spiro atoms. The van der Waals surface area contributed by atoms with Crippen LogP contribution in [-0.4, -0.2) is 17.5 Å². The van der Waals surface area contributed by atoms with Crippen LogP contribution in [0.4, 0.5) is 5.69 Å². The van der Waals surface area contributed by atoms with E-state index in [9.17, 15) is 0 Å². The van der Waals surface area contributed by atoms with Gasteiger partial charge in [0.05, 0.1) is 6.61 Å². The lowest BCUT2D eigenvalue weighted by molar-refractivity contribution is 0.322. The Morgan fingerprint density at radius 1 is 1.50 bits per heavy atom. The molecule has 2 nitrogen and oxygen atoms in total. The number of rotatable bonds is 3. The zero-order valence-corrected chi connectivity index (χ0v) is 8.86. The van der Waals surface area contributed by atoms with Crippen LogP contribution in [0, 0.1) is 0 Å². The summed E-state index contributed by atoms with van der Waals surface area (Å²) in [6, 6.07) is 5.71. The summed E-state index contributed by atoms with van der Waals surface area (Å²) in [7, 11) is 0. The van der Waals surface area contributed by atoms with E-state index < -0.39 is 0 Å². The lowest BCUT2D eigenvalue weighted by atomic mass is 10.3. The summed E-state index contributed by atoms with van der Waals surface area (Å²) in [5.41, 5.74) is 6.47. The van der Waals surface area contributed by atoms with Crippen LogP contribution in [0.5, 0.6) is 0 Å². The minimum atomic E-state index is 0.177. The van der Waals surface area contributed by atoms with Gasteiger partial charge in [0.1, 0.15) is 0 Å². The van der Waals surface area contributed by atoms with E-state index >= 15 is 0 Å². The van der Waals surface area contributed by atoms with Gasteiger partial charge in [-0.25, -0.2) is 0 Å². The number of nitrogens with two attached hydrogens (primary N) is 1. The molecule has 0 radical (unpaired) electrons. The van der Waals surface area contributed by atoms with Gasteiger partial charge in [-0.1, -0.05) is 15.9 Å². The molecule has 0 saturated heterocycles. The van der Waals surface area contributed by atoms with Crippen molar-refractivity contribution < 1.29 is 5.11 Å². The van der Waals surface area contributed by atoms with E-state index in [0.29, 0.717) is 5.75 Å². The second-order valence-corrected chi connectivity index (χ2v) is 4.31. The van der Waals surface area contributed by atoms with Gasteiger partial charge in [-0.2, -0.15) is 0 Å². The second kappa shape index (κ2) is 4.74. The monoisotopic (exact) mass is 247 g/mol. The van der Waals surface area contributed by atoms with Crippen molar-refractivity contribution in [1.82, 2.24) is 0 Å². The van der Waals surface area contributed by atoms with Gasteiger partial charge in [0.15, 0.2) is 0 Å². The van der Waals surface area contributed by atoms with Crippen molar-refractivity contribution in [3.05, 3.63) is 22.7 Å². The molecular formula is C8H10BrNOS. The average molecular weight is 248 g/mol. The fraction of sp³-hybridized carbons (Fsp3) is 0.250. The predicted octanol–water partition coefficient (Wildman–Crippen LogP) is 2.12. The molecule has 0 atom stereocenters. The number of thioether (sulfide) groups is 1. The van der Waals surface area contributed by atoms with Crippen LogP contribution in [0.15, 0.2) is 27.6 Å². The number of hydrogen-bond acceptors (Lipinski definition) is 3. The van der Waals surface area contributed by atoms with Gasteiger partial charge in [0.25, 0.3) is 0 Å². The molecule has 0 amide bonds. The van der Waals surface area contributed by atoms with Crippen molar-refractivity contribution in [3.8, 4) is 0 Å². The molecule has 0 aliphatic heterocycles. The maximum Gasteiger partial charge on any atom is 0.0525 e. The number of aliphatic hydroxyl groups is 1. The number of aliphatic hydroxyl groups excluding tert-OH is 1. The molecule has 0 fully saturated rings. The normalized spacial score (nSPS) is 10.2. The molecule has 0 saturated carbocycles. The van der Waals surface area contributed by atoms with E-state index in [2.05, 4.69) is 15.9 Å². The van der Waals surface area contributed by atoms with Gasteiger partial charge >= 0.3 is 0 Å². The summed E-state index contributed by atoms with van der Waals surface area (Å²) in [5.74, 6) is 0.681. The van der Waals surface area contributed by atoms with Crippen LogP contribution in [0.25, 0.3) is 0 Å². The molecule has 0 aliphatic rings. The first-order valence-corrected chi connectivity index (χ1v) is 5.30. The zero-order valence-electron chi connectivity index (χ0n) is 6.46. The van der Waals surface area contributed by atoms with Crippen molar-refractivity contribution in [2.75, 3.05) is 18.1 Å². The van der Waals surface area contributed by atoms with Crippen molar-refractivity contribution in [1.29, 1.82) is 0 Å². The summed E-state index contributed by atoms with van der Waals surface area (Å²) in [6.45, 7) is 0.177. The highest BCUT2D eigenvalue weighted by atomic mass is 79.9. The summed E-state index contributed by atoms with van der Waals surface area (Å²) in [6.07, 6.45) is 0. The quantitative estimate of drug-likeness (QED) is 0.636. The van der Waals surface area contributed by atoms with Gasteiger partial charge < -0.3 is 10.8 Å². The third kappa shape index (κ3) is 2.69. The molecule has 1 aromatic carbocycles. The maximum absolute atomic E-state index is 8.61. The second-order valence-electron chi connectivity index (χ2n) is 2.25. The first kappa shape index (κ1) is 9.89. The molecule has 1 aromatic rings. The number of nitrogen functional groups attached to an aromatic ring is 1. The van der Waals surface area contributed by atoms with Gasteiger partial charge in [-0.15, -0.1) is 11.8 Å². The standard InChI is InChI=1S/C8H10BrNOS/c9-6-1-2-7(10)8(5-6)12-4-3-11/h1-2,5,11H,3-4,10H2. The first-order valence-electron chi connectivity index (χ1n) is 3.52. The summed E-state index contributed by atoms with van der Waals surface area (Å²) < 4.78 is 1.01. The Balaban J connectivity index is 2.75. The molecule has 0 unspecified atom stereocenters. The minimum Gasteiger partial charge on any atom is -0.398 e. The third-order valence-corrected chi connectivity index (χ3v) is 2.87. The highest BCUT2D eigenvalue weighted by molar-refractivity contribution is 9.10. The molecule has 12 heavy (non-hydrogen) atoms. The zero-order chi connectivity index (χ0) is 8.97. The van der Waals surface area contributed by atoms with E-state index in [0.717, 1.165) is 15.1 Å². The first-order chi connectivity index (χ1) is 5.74. The van der Waals surface area contributed by atoms with Crippen molar-refractivity contribution in [3.63, 3.8) is 0 Å². The molecule has 0 bridgehead atoms. The van der Waals surface area contributed by atoms with Crippen LogP contribution in [0.2, 0.25) is 0 Å². The predicted molar refractivity (Wildman–Crippen MR) is 56.4 cm³/mol. The number of hydrogen-bond donors (Lipinski definition) is 2. The minimum absolute atomic E-state index is 0.177. The average Bonchev–Trinajstić information content (AvgIpc) is 2.07. The molecule has 3 N–H and O–H groups in total. The van der Waals surface area contributed by atoms with Crippen LogP contribution >= 0.6 is 27.7 Å². The highest BCUT2D eigenvalue weighted by Gasteiger charge is 1.99. The molecule has 66 valence electrons. The molecule has 0 aliphatic carbocycles. The van der Waals surface area contributed by atoms with E-state index in [1.165, 1.54) is 0 Å². The highest BCUT2D eigenvalue weighted by Crippen LogP contribution is 2.27. The van der Waals surface area contributed by atoms with Gasteiger partial charge in [-0.3, -0.25) is 0 Å². The van der Waals surface area contributed by atoms with Crippen LogP contribution < -0.4 is 5.73 Å². The van der Waals surface area contributed by atoms with Gasteiger partial charge in [-0.05, 0) is 18.2 Å². The van der Waals surface area contributed by atoms with Crippen LogP contribution in [0.3, 0.4) is 0 Å². The molecule has 1 rings (SSSR count). The molecular weight excluding hydrogens is 238 g/mol. The third-order valence-electron chi connectivity index (χ3n) is 1.32. The van der Waals surface area contributed by atoms with E-state index in [1.54, 1.807) is 11.8 Å². The lowest BCUT2D eigenvalue weighted by Gasteiger charge is -2.03. The fourth-order valence-corrected chi connectivity index (χ4v) is 2.06. The molecule has 4 heteroatoms. The molecule has 0 aromatic heterocycles. The van der Waals surface area contributed by atoms with E-state index in [1.807, 2.05) is 18.2 Å². The smallest absolute Gasteiger partial charge is 0.0525 e. The van der Waals surface area contributed by atoms with Crippen molar-refractivity contribution >= 4 is 33.4 Å². The summed E-state index contributed by atoms with van der Waals surface area (Å²) in [5, 5.41) is 8.61. The Bertz CT molecular complexity index is 267. The number of halogens is 1. The SMILES string of the molecule is Nc1ccc(Br)cc1SCCO. The Morgan fingerprint density at radius 2 is 2.25 bits per heavy atom. The van der Waals surface area contributed by atoms with Crippen LogP contribution in [-0.2, 0) is 0 Å². The topological polar surface area (TPSA) is 46.2 Å². The Labute approximate surface area is 84.3 Å². The Morgan fingerprint density at radius 3 is 2.92 bits per heavy atom. The number of anilines is 1. The van der Waals surface area contributed by atoms with Crippen molar-refractivity contribution in [2.45, 2.75) is 4.90 Å². The van der Waals surface area contributed by atoms with E-state index in [4.69, 9.17) is 10.8 Å². The van der Waals surface area contributed by atoms with Gasteiger partial charge in [0.2, 0.25) is 0 Å². The number of benzene rings is 1. The van der Waals surface area contributed by atoms with E-state index in [-0.39, 0.29) is 6.61 Å². The summed E-state index contributed by atoms with van der Waals surface area (Å²) in [4.78, 5) is 1.01. The van der Waals surface area contributed by atoms with Crippen LogP contribution in [0.1, 0.15) is 0 Å². The maximum atomic E-state index is 8.61. The molecule has 0 heterocycles. The Kier molecular flexibility index (Phi) is 3.91. The summed E-state index contributed by atoms with van der Waals surface area (Å²) >= 11 is 4.91. The van der Waals surface area contributed by atoms with Crippen molar-refractivity contribution in [2.24, 2.45) is 0 Å².